The van der Waals surface area contributed by atoms with Gasteiger partial charge in [-0.2, -0.15) is 0 Å². The second kappa shape index (κ2) is 9.76. The molecule has 0 aliphatic carbocycles. The first-order valence-corrected chi connectivity index (χ1v) is 12.4. The van der Waals surface area contributed by atoms with Crippen LogP contribution >= 0.6 is 31.9 Å². The van der Waals surface area contributed by atoms with Gasteiger partial charge in [-0.25, -0.2) is 0 Å². The Morgan fingerprint density at radius 2 is 1.26 bits per heavy atom. The van der Waals surface area contributed by atoms with E-state index in [9.17, 15) is 9.59 Å². The molecule has 1 aliphatic heterocycles. The summed E-state index contributed by atoms with van der Waals surface area (Å²) in [7, 11) is 1.94. The van der Waals surface area contributed by atoms with E-state index in [0.717, 1.165) is 26.5 Å². The van der Waals surface area contributed by atoms with Crippen LogP contribution < -0.4 is 10.6 Å². The normalized spacial score (nSPS) is 14.3. The number of rotatable bonds is 4. The summed E-state index contributed by atoms with van der Waals surface area (Å²) in [6.07, 6.45) is 0.805. The van der Waals surface area contributed by atoms with Crippen molar-refractivity contribution in [2.45, 2.75) is 25.8 Å². The van der Waals surface area contributed by atoms with Crippen LogP contribution in [0.2, 0.25) is 0 Å². The molecule has 0 saturated heterocycles. The predicted molar refractivity (Wildman–Crippen MR) is 144 cm³/mol. The number of anilines is 2. The molecule has 0 aromatic heterocycles. The Balaban J connectivity index is 1.84. The number of hydrogen-bond donors (Lipinski definition) is 2. The van der Waals surface area contributed by atoms with Gasteiger partial charge in [0.25, 0.3) is 11.8 Å². The number of fused-ring (bicyclic) bond motifs is 1. The number of nitrogens with zero attached hydrogens (tertiary/aromatic N) is 1. The highest BCUT2D eigenvalue weighted by Crippen LogP contribution is 2.39. The SMILES string of the molecule is CN1C(=C(C(=O)Nc2ccc(Br)cc2)C(=O)Nc2ccc(Br)cc2)c2ccccc2CC1(C)C. The second-order valence-corrected chi connectivity index (χ2v) is 10.7. The molecule has 174 valence electrons. The highest BCUT2D eigenvalue weighted by molar-refractivity contribution is 9.10. The third-order valence-corrected chi connectivity index (χ3v) is 7.09. The van der Waals surface area contributed by atoms with Gasteiger partial charge in [0.15, 0.2) is 0 Å². The molecule has 2 N–H and O–H groups in total. The Morgan fingerprint density at radius 1 is 0.794 bits per heavy atom. The summed E-state index contributed by atoms with van der Waals surface area (Å²) in [5.74, 6) is -0.933. The summed E-state index contributed by atoms with van der Waals surface area (Å²) in [6, 6.07) is 22.5. The van der Waals surface area contributed by atoms with E-state index in [1.807, 2.05) is 54.4 Å². The fraction of sp³-hybridized carbons (Fsp3) is 0.185. The molecule has 0 spiro atoms. The van der Waals surface area contributed by atoms with Gasteiger partial charge in [0.05, 0.1) is 5.70 Å². The van der Waals surface area contributed by atoms with Crippen LogP contribution in [0.15, 0.2) is 87.3 Å². The van der Waals surface area contributed by atoms with Crippen molar-refractivity contribution in [1.82, 2.24) is 4.90 Å². The first kappa shape index (κ1) is 24.2. The molecule has 2 amide bonds. The van der Waals surface area contributed by atoms with Gasteiger partial charge in [-0.3, -0.25) is 9.59 Å². The molecular formula is C27H25Br2N3O2. The number of hydrogen-bond acceptors (Lipinski definition) is 3. The zero-order valence-electron chi connectivity index (χ0n) is 19.2. The molecule has 0 unspecified atom stereocenters. The smallest absolute Gasteiger partial charge is 0.263 e. The predicted octanol–water partition coefficient (Wildman–Crippen LogP) is 6.47. The first-order valence-electron chi connectivity index (χ1n) is 10.9. The molecule has 3 aromatic carbocycles. The van der Waals surface area contributed by atoms with Crippen molar-refractivity contribution in [2.75, 3.05) is 17.7 Å². The lowest BCUT2D eigenvalue weighted by Gasteiger charge is -2.44. The van der Waals surface area contributed by atoms with E-state index < -0.39 is 11.8 Å². The molecule has 34 heavy (non-hydrogen) atoms. The van der Waals surface area contributed by atoms with Crippen LogP contribution in [0, 0.1) is 0 Å². The molecule has 0 atom stereocenters. The molecule has 1 aliphatic rings. The van der Waals surface area contributed by atoms with E-state index in [2.05, 4.69) is 62.4 Å². The standard InChI is InChI=1S/C27H25Br2N3O2/c1-27(2)16-17-6-4-5-7-22(17)24(32(27)3)23(25(33)30-20-12-8-18(28)9-13-20)26(34)31-21-14-10-19(29)11-15-21/h4-15H,16H2,1-3H3,(H,30,33)(H,31,34). The third-order valence-electron chi connectivity index (χ3n) is 6.03. The van der Waals surface area contributed by atoms with E-state index >= 15 is 0 Å². The van der Waals surface area contributed by atoms with E-state index in [1.165, 1.54) is 0 Å². The van der Waals surface area contributed by atoms with Crippen molar-refractivity contribution < 1.29 is 9.59 Å². The largest absolute Gasteiger partial charge is 0.368 e. The lowest BCUT2D eigenvalue weighted by Crippen LogP contribution is -2.47. The summed E-state index contributed by atoms with van der Waals surface area (Å²) < 4.78 is 1.81. The van der Waals surface area contributed by atoms with Gasteiger partial charge >= 0.3 is 0 Å². The average molecular weight is 583 g/mol. The molecule has 5 nitrogen and oxygen atoms in total. The number of carbonyl (C=O) groups is 2. The van der Waals surface area contributed by atoms with E-state index in [1.54, 1.807) is 24.3 Å². The number of nitrogens with one attached hydrogen (secondary N) is 2. The lowest BCUT2D eigenvalue weighted by molar-refractivity contribution is -0.118. The molecule has 0 fully saturated rings. The molecule has 4 rings (SSSR count). The maximum absolute atomic E-state index is 13.7. The van der Waals surface area contributed by atoms with Crippen LogP contribution in [0.3, 0.4) is 0 Å². The lowest BCUT2D eigenvalue weighted by atomic mass is 9.82. The van der Waals surface area contributed by atoms with Crippen LogP contribution in [-0.2, 0) is 16.0 Å². The highest BCUT2D eigenvalue weighted by atomic mass is 79.9. The van der Waals surface area contributed by atoms with Crippen LogP contribution in [0.4, 0.5) is 11.4 Å². The third kappa shape index (κ3) is 5.10. The number of amides is 2. The fourth-order valence-corrected chi connectivity index (χ4v) is 4.58. The van der Waals surface area contributed by atoms with Gasteiger partial charge in [0.1, 0.15) is 5.57 Å². The second-order valence-electron chi connectivity index (χ2n) is 8.85. The molecule has 7 heteroatoms. The quantitative estimate of drug-likeness (QED) is 0.211. The van der Waals surface area contributed by atoms with Crippen LogP contribution in [0.5, 0.6) is 0 Å². The van der Waals surface area contributed by atoms with Gasteiger partial charge in [-0.1, -0.05) is 56.1 Å². The van der Waals surface area contributed by atoms with Gasteiger partial charge in [-0.05, 0) is 74.4 Å². The molecule has 1 heterocycles. The van der Waals surface area contributed by atoms with Crippen molar-refractivity contribution in [3.63, 3.8) is 0 Å². The zero-order chi connectivity index (χ0) is 24.5. The molecule has 0 saturated carbocycles. The molecule has 0 radical (unpaired) electrons. The van der Waals surface area contributed by atoms with Gasteiger partial charge < -0.3 is 15.5 Å². The minimum atomic E-state index is -0.466. The summed E-state index contributed by atoms with van der Waals surface area (Å²) in [5, 5.41) is 5.82. The van der Waals surface area contributed by atoms with Crippen molar-refractivity contribution in [1.29, 1.82) is 0 Å². The number of benzene rings is 3. The van der Waals surface area contributed by atoms with Crippen LogP contribution in [-0.4, -0.2) is 29.3 Å². The van der Waals surface area contributed by atoms with Crippen molar-refractivity contribution in [3.05, 3.63) is 98.4 Å². The average Bonchev–Trinajstić information content (AvgIpc) is 2.79. The minimum absolute atomic E-state index is 0.0635. The van der Waals surface area contributed by atoms with E-state index in [4.69, 9.17) is 0 Å². The topological polar surface area (TPSA) is 61.4 Å². The Kier molecular flexibility index (Phi) is 6.96. The van der Waals surface area contributed by atoms with Crippen molar-refractivity contribution in [2.24, 2.45) is 0 Å². The van der Waals surface area contributed by atoms with Crippen molar-refractivity contribution in [3.8, 4) is 0 Å². The Hall–Kier alpha value is -2.90. The van der Waals surface area contributed by atoms with E-state index in [0.29, 0.717) is 17.1 Å². The maximum atomic E-state index is 13.7. The summed E-state index contributed by atoms with van der Waals surface area (Å²) in [6.45, 7) is 4.22. The Bertz CT molecular complexity index is 1200. The van der Waals surface area contributed by atoms with Gasteiger partial charge in [0, 0.05) is 38.5 Å². The molecule has 0 bridgehead atoms. The van der Waals surface area contributed by atoms with Crippen LogP contribution in [0.1, 0.15) is 25.0 Å². The molecular weight excluding hydrogens is 558 g/mol. The highest BCUT2D eigenvalue weighted by Gasteiger charge is 2.37. The summed E-state index contributed by atoms with van der Waals surface area (Å²) >= 11 is 6.82. The number of halogens is 2. The zero-order valence-corrected chi connectivity index (χ0v) is 22.3. The monoisotopic (exact) mass is 581 g/mol. The summed E-state index contributed by atoms with van der Waals surface area (Å²) in [5.41, 5.74) is 3.58. The first-order chi connectivity index (χ1) is 16.2. The van der Waals surface area contributed by atoms with E-state index in [-0.39, 0.29) is 11.1 Å². The van der Waals surface area contributed by atoms with Gasteiger partial charge in [0.2, 0.25) is 0 Å². The number of carbonyl (C=O) groups excluding carboxylic acids is 2. The van der Waals surface area contributed by atoms with Crippen molar-refractivity contribution >= 4 is 60.7 Å². The number of likely N-dealkylation sites (N-methyl/N-ethyl adjacent to an activating group) is 1. The maximum Gasteiger partial charge on any atom is 0.263 e. The van der Waals surface area contributed by atoms with Crippen LogP contribution in [0.25, 0.3) is 5.70 Å². The molecule has 3 aromatic rings. The Morgan fingerprint density at radius 3 is 1.76 bits per heavy atom. The minimum Gasteiger partial charge on any atom is -0.368 e. The van der Waals surface area contributed by atoms with Gasteiger partial charge in [-0.15, -0.1) is 0 Å². The Labute approximate surface area is 216 Å². The summed E-state index contributed by atoms with van der Waals surface area (Å²) in [4.78, 5) is 29.4. The fourth-order valence-electron chi connectivity index (χ4n) is 4.05.